The van der Waals surface area contributed by atoms with E-state index in [1.54, 1.807) is 11.8 Å². The van der Waals surface area contributed by atoms with Crippen LogP contribution in [0.5, 0.6) is 0 Å². The molecular weight excluding hydrogens is 349 g/mol. The van der Waals surface area contributed by atoms with Crippen LogP contribution in [0.25, 0.3) is 11.5 Å². The molecule has 17 heavy (non-hydrogen) atoms. The van der Waals surface area contributed by atoms with Crippen LogP contribution in [-0.4, -0.2) is 15.9 Å². The van der Waals surface area contributed by atoms with Crippen molar-refractivity contribution >= 4 is 40.0 Å². The zero-order valence-electron chi connectivity index (χ0n) is 9.31. The van der Waals surface area contributed by atoms with Crippen LogP contribution in [0.4, 0.5) is 5.69 Å². The summed E-state index contributed by atoms with van der Waals surface area (Å²) in [6.07, 6.45) is 0. The van der Waals surface area contributed by atoms with Crippen molar-refractivity contribution in [3.63, 3.8) is 0 Å². The molecule has 0 fully saturated rings. The van der Waals surface area contributed by atoms with Gasteiger partial charge in [-0.15, -0.1) is 0 Å². The number of aromatic nitrogens is 2. The number of rotatable bonds is 4. The molecule has 0 radical (unpaired) electrons. The first-order valence-electron chi connectivity index (χ1n) is 5.16. The first kappa shape index (κ1) is 12.7. The first-order valence-corrected chi connectivity index (χ1v) is 7.39. The summed E-state index contributed by atoms with van der Waals surface area (Å²) < 4.78 is 6.32. The van der Waals surface area contributed by atoms with E-state index in [9.17, 15) is 0 Å². The molecule has 2 N–H and O–H groups in total. The largest absolute Gasteiger partial charge is 0.398 e. The minimum atomic E-state index is 0.493. The highest BCUT2D eigenvalue weighted by Crippen LogP contribution is 2.26. The predicted molar refractivity (Wildman–Crippen MR) is 78.7 cm³/mol. The number of nitrogens with zero attached hydrogens (tertiary/aromatic N) is 2. The van der Waals surface area contributed by atoms with Crippen LogP contribution in [0.2, 0.25) is 0 Å². The first-order chi connectivity index (χ1) is 8.20. The van der Waals surface area contributed by atoms with E-state index >= 15 is 0 Å². The van der Waals surface area contributed by atoms with Gasteiger partial charge in [-0.25, -0.2) is 0 Å². The summed E-state index contributed by atoms with van der Waals surface area (Å²) in [6.45, 7) is 2.10. The molecule has 1 aromatic heterocycles. The third-order valence-electron chi connectivity index (χ3n) is 2.15. The lowest BCUT2D eigenvalue weighted by atomic mass is 10.2. The maximum atomic E-state index is 5.89. The monoisotopic (exact) mass is 361 g/mol. The van der Waals surface area contributed by atoms with Gasteiger partial charge in [-0.1, -0.05) is 12.1 Å². The SMILES string of the molecule is CCSCc1noc(-c2cc(I)ccc2N)n1. The molecule has 0 saturated heterocycles. The van der Waals surface area contributed by atoms with Crippen LogP contribution in [0, 0.1) is 3.57 Å². The number of halogens is 1. The number of hydrogen-bond acceptors (Lipinski definition) is 5. The van der Waals surface area contributed by atoms with E-state index in [0.717, 1.165) is 20.6 Å². The fourth-order valence-electron chi connectivity index (χ4n) is 1.33. The lowest BCUT2D eigenvalue weighted by Crippen LogP contribution is -1.91. The molecule has 2 rings (SSSR count). The molecule has 0 aliphatic carbocycles. The Balaban J connectivity index is 2.27. The third kappa shape index (κ3) is 3.12. The third-order valence-corrected chi connectivity index (χ3v) is 3.69. The van der Waals surface area contributed by atoms with Crippen molar-refractivity contribution < 1.29 is 4.52 Å². The highest BCUT2D eigenvalue weighted by Gasteiger charge is 2.11. The van der Waals surface area contributed by atoms with Crippen LogP contribution < -0.4 is 5.73 Å². The molecule has 1 heterocycles. The average Bonchev–Trinajstić information content (AvgIpc) is 2.78. The molecule has 6 heteroatoms. The Kier molecular flexibility index (Phi) is 4.27. The van der Waals surface area contributed by atoms with Crippen molar-refractivity contribution in [3.8, 4) is 11.5 Å². The second-order valence-corrected chi connectivity index (χ2v) is 5.90. The fraction of sp³-hybridized carbons (Fsp3) is 0.273. The van der Waals surface area contributed by atoms with Crippen LogP contribution in [0.1, 0.15) is 12.7 Å². The van der Waals surface area contributed by atoms with Gasteiger partial charge in [0.1, 0.15) is 0 Å². The van der Waals surface area contributed by atoms with Crippen LogP contribution in [-0.2, 0) is 5.75 Å². The van der Waals surface area contributed by atoms with E-state index in [4.69, 9.17) is 10.3 Å². The Morgan fingerprint density at radius 1 is 1.47 bits per heavy atom. The zero-order chi connectivity index (χ0) is 12.3. The van der Waals surface area contributed by atoms with E-state index in [0.29, 0.717) is 17.4 Å². The van der Waals surface area contributed by atoms with E-state index in [2.05, 4.69) is 39.7 Å². The van der Waals surface area contributed by atoms with Gasteiger partial charge in [0.25, 0.3) is 5.89 Å². The van der Waals surface area contributed by atoms with Crippen molar-refractivity contribution in [1.82, 2.24) is 10.1 Å². The molecule has 0 saturated carbocycles. The number of hydrogen-bond donors (Lipinski definition) is 1. The van der Waals surface area contributed by atoms with Gasteiger partial charge in [-0.05, 0) is 46.5 Å². The molecule has 4 nitrogen and oxygen atoms in total. The van der Waals surface area contributed by atoms with Crippen molar-refractivity contribution in [1.29, 1.82) is 0 Å². The number of nitrogen functional groups attached to an aromatic ring is 1. The Morgan fingerprint density at radius 3 is 3.06 bits per heavy atom. The number of benzene rings is 1. The Morgan fingerprint density at radius 2 is 2.29 bits per heavy atom. The minimum absolute atomic E-state index is 0.493. The summed E-state index contributed by atoms with van der Waals surface area (Å²) in [5.74, 6) is 3.01. The number of nitrogens with two attached hydrogens (primary N) is 1. The van der Waals surface area contributed by atoms with E-state index in [-0.39, 0.29) is 0 Å². The topological polar surface area (TPSA) is 64.9 Å². The van der Waals surface area contributed by atoms with Gasteiger partial charge in [0, 0.05) is 9.26 Å². The van der Waals surface area contributed by atoms with E-state index < -0.39 is 0 Å². The van der Waals surface area contributed by atoms with Crippen molar-refractivity contribution in [3.05, 3.63) is 27.6 Å². The predicted octanol–water partition coefficient (Wildman–Crippen LogP) is 3.18. The Bertz CT molecular complexity index is 515. The molecule has 0 amide bonds. The fourth-order valence-corrected chi connectivity index (χ4v) is 2.32. The summed E-state index contributed by atoms with van der Waals surface area (Å²) in [7, 11) is 0. The Hall–Kier alpha value is -0.760. The van der Waals surface area contributed by atoms with Gasteiger partial charge in [-0.3, -0.25) is 0 Å². The van der Waals surface area contributed by atoms with Crippen molar-refractivity contribution in [2.75, 3.05) is 11.5 Å². The highest BCUT2D eigenvalue weighted by molar-refractivity contribution is 14.1. The van der Waals surface area contributed by atoms with Gasteiger partial charge < -0.3 is 10.3 Å². The maximum Gasteiger partial charge on any atom is 0.260 e. The second-order valence-electron chi connectivity index (χ2n) is 3.38. The molecular formula is C11H12IN3OS. The van der Waals surface area contributed by atoms with Crippen molar-refractivity contribution in [2.45, 2.75) is 12.7 Å². The number of thioether (sulfide) groups is 1. The standard InChI is InChI=1S/C11H12IN3OS/c1-2-17-6-10-14-11(16-15-10)8-5-7(12)3-4-9(8)13/h3-5H,2,6,13H2,1H3. The van der Waals surface area contributed by atoms with Gasteiger partial charge in [-0.2, -0.15) is 16.7 Å². The molecule has 0 aliphatic rings. The van der Waals surface area contributed by atoms with Gasteiger partial charge in [0.05, 0.1) is 11.3 Å². The molecule has 1 aromatic carbocycles. The minimum Gasteiger partial charge on any atom is -0.398 e. The lowest BCUT2D eigenvalue weighted by molar-refractivity contribution is 0.425. The smallest absolute Gasteiger partial charge is 0.260 e. The zero-order valence-corrected chi connectivity index (χ0v) is 12.3. The normalized spacial score (nSPS) is 10.7. The summed E-state index contributed by atoms with van der Waals surface area (Å²) in [4.78, 5) is 4.34. The second kappa shape index (κ2) is 5.72. The maximum absolute atomic E-state index is 5.89. The molecule has 0 spiro atoms. The van der Waals surface area contributed by atoms with Crippen LogP contribution in [0.15, 0.2) is 22.7 Å². The van der Waals surface area contributed by atoms with Crippen molar-refractivity contribution in [2.24, 2.45) is 0 Å². The van der Waals surface area contributed by atoms with Gasteiger partial charge in [0.2, 0.25) is 0 Å². The summed E-state index contributed by atoms with van der Waals surface area (Å²) >= 11 is 3.99. The lowest BCUT2D eigenvalue weighted by Gasteiger charge is -2.00. The van der Waals surface area contributed by atoms with Gasteiger partial charge in [0.15, 0.2) is 5.82 Å². The highest BCUT2D eigenvalue weighted by atomic mass is 127. The average molecular weight is 361 g/mol. The number of anilines is 1. The quantitative estimate of drug-likeness (QED) is 0.669. The molecule has 0 unspecified atom stereocenters. The molecule has 2 aromatic rings. The summed E-state index contributed by atoms with van der Waals surface area (Å²) in [5, 5.41) is 3.94. The summed E-state index contributed by atoms with van der Waals surface area (Å²) in [5.41, 5.74) is 7.35. The summed E-state index contributed by atoms with van der Waals surface area (Å²) in [6, 6.07) is 5.74. The van der Waals surface area contributed by atoms with Crippen LogP contribution >= 0.6 is 34.4 Å². The molecule has 0 aliphatic heterocycles. The molecule has 0 bridgehead atoms. The molecule has 0 atom stereocenters. The molecule has 90 valence electrons. The van der Waals surface area contributed by atoms with Gasteiger partial charge >= 0.3 is 0 Å². The van der Waals surface area contributed by atoms with Crippen LogP contribution in [0.3, 0.4) is 0 Å². The van der Waals surface area contributed by atoms with E-state index in [1.165, 1.54) is 0 Å². The van der Waals surface area contributed by atoms with E-state index in [1.807, 2.05) is 18.2 Å². The Labute approximate surface area is 117 Å².